The molecule has 2 rings (SSSR count). The van der Waals surface area contributed by atoms with Crippen LogP contribution in [0.15, 0.2) is 47.4 Å². The third kappa shape index (κ3) is 3.01. The molecule has 2 aromatic carbocycles. The highest BCUT2D eigenvalue weighted by molar-refractivity contribution is 7.92. The van der Waals surface area contributed by atoms with E-state index in [2.05, 4.69) is 10.6 Å². The number of hydrogen-bond donors (Lipinski definition) is 1. The lowest BCUT2D eigenvalue weighted by Gasteiger charge is -2.11. The predicted octanol–water partition coefficient (Wildman–Crippen LogP) is 3.09. The van der Waals surface area contributed by atoms with Gasteiger partial charge >= 0.3 is 0 Å². The Morgan fingerprint density at radius 3 is 2.20 bits per heavy atom. The van der Waals surface area contributed by atoms with E-state index in [1.165, 1.54) is 0 Å². The van der Waals surface area contributed by atoms with E-state index in [9.17, 15) is 8.42 Å². The quantitative estimate of drug-likeness (QED) is 0.881. The average Bonchev–Trinajstić information content (AvgIpc) is 2.39. The van der Waals surface area contributed by atoms with Crippen LogP contribution in [-0.2, 0) is 10.0 Å². The molecule has 0 saturated heterocycles. The highest BCUT2D eigenvalue weighted by Gasteiger charge is 2.15. The van der Waals surface area contributed by atoms with Gasteiger partial charge in [-0.15, -0.1) is 6.42 Å². The molecule has 0 aliphatic heterocycles. The lowest BCUT2D eigenvalue weighted by molar-refractivity contribution is 0.601. The Labute approximate surface area is 119 Å². The zero-order valence-electron chi connectivity index (χ0n) is 11.3. The fourth-order valence-corrected chi connectivity index (χ4v) is 2.86. The maximum absolute atomic E-state index is 12.3. The minimum atomic E-state index is -3.62. The molecule has 2 aromatic rings. The predicted molar refractivity (Wildman–Crippen MR) is 81.1 cm³/mol. The lowest BCUT2D eigenvalue weighted by Crippen LogP contribution is -2.14. The molecule has 102 valence electrons. The monoisotopic (exact) mass is 285 g/mol. The van der Waals surface area contributed by atoms with Gasteiger partial charge < -0.3 is 0 Å². The smallest absolute Gasteiger partial charge is 0.261 e. The van der Waals surface area contributed by atoms with Gasteiger partial charge in [0.05, 0.1) is 10.6 Å². The second-order valence-electron chi connectivity index (χ2n) is 4.61. The van der Waals surface area contributed by atoms with E-state index in [0.717, 1.165) is 11.1 Å². The number of anilines is 1. The molecule has 0 atom stereocenters. The van der Waals surface area contributed by atoms with E-state index < -0.39 is 10.0 Å². The van der Waals surface area contributed by atoms with Crippen molar-refractivity contribution >= 4 is 15.7 Å². The van der Waals surface area contributed by atoms with E-state index >= 15 is 0 Å². The topological polar surface area (TPSA) is 46.2 Å². The maximum atomic E-state index is 12.3. The summed E-state index contributed by atoms with van der Waals surface area (Å²) in [7, 11) is -3.62. The Hall–Kier alpha value is -2.25. The summed E-state index contributed by atoms with van der Waals surface area (Å²) in [5.74, 6) is 2.48. The van der Waals surface area contributed by atoms with Crippen LogP contribution in [0.3, 0.4) is 0 Å². The van der Waals surface area contributed by atoms with E-state index in [4.69, 9.17) is 6.42 Å². The number of rotatable bonds is 3. The van der Waals surface area contributed by atoms with Crippen molar-refractivity contribution in [1.82, 2.24) is 0 Å². The van der Waals surface area contributed by atoms with Gasteiger partial charge in [-0.1, -0.05) is 29.7 Å². The highest BCUT2D eigenvalue weighted by atomic mass is 32.2. The molecule has 0 saturated carbocycles. The second-order valence-corrected chi connectivity index (χ2v) is 6.29. The first kappa shape index (κ1) is 14.2. The molecule has 0 amide bonds. The Bertz CT molecular complexity index is 769. The number of nitrogens with one attached hydrogen (secondary N) is 1. The summed E-state index contributed by atoms with van der Waals surface area (Å²) in [6, 6.07) is 12.0. The molecule has 0 aliphatic carbocycles. The van der Waals surface area contributed by atoms with Crippen LogP contribution in [0.2, 0.25) is 0 Å². The molecule has 4 heteroatoms. The second kappa shape index (κ2) is 5.40. The number of benzene rings is 2. The highest BCUT2D eigenvalue weighted by Crippen LogP contribution is 2.21. The maximum Gasteiger partial charge on any atom is 0.261 e. The fraction of sp³-hybridized carbons (Fsp3) is 0.125. The van der Waals surface area contributed by atoms with Crippen molar-refractivity contribution in [1.29, 1.82) is 0 Å². The molecule has 0 heterocycles. The van der Waals surface area contributed by atoms with Crippen molar-refractivity contribution in [3.8, 4) is 12.3 Å². The van der Waals surface area contributed by atoms with Crippen LogP contribution in [0.1, 0.15) is 16.7 Å². The summed E-state index contributed by atoms with van der Waals surface area (Å²) < 4.78 is 27.2. The Balaban J connectivity index is 2.41. The first-order chi connectivity index (χ1) is 9.42. The van der Waals surface area contributed by atoms with Crippen LogP contribution < -0.4 is 4.72 Å². The van der Waals surface area contributed by atoms with Gasteiger partial charge in [-0.3, -0.25) is 4.72 Å². The first-order valence-corrected chi connectivity index (χ1v) is 7.57. The van der Waals surface area contributed by atoms with Crippen LogP contribution in [0, 0.1) is 26.2 Å². The number of aryl methyl sites for hydroxylation is 2. The minimum Gasteiger partial charge on any atom is -0.278 e. The van der Waals surface area contributed by atoms with Crippen molar-refractivity contribution in [2.75, 3.05) is 4.72 Å². The summed E-state index contributed by atoms with van der Waals surface area (Å²) in [6.45, 7) is 3.78. The van der Waals surface area contributed by atoms with Crippen LogP contribution >= 0.6 is 0 Å². The molecule has 0 radical (unpaired) electrons. The van der Waals surface area contributed by atoms with Crippen LogP contribution in [0.5, 0.6) is 0 Å². The normalized spacial score (nSPS) is 10.8. The molecule has 0 aliphatic rings. The van der Waals surface area contributed by atoms with Gasteiger partial charge in [0.15, 0.2) is 0 Å². The summed E-state index contributed by atoms with van der Waals surface area (Å²) in [4.78, 5) is 0.215. The SMILES string of the molecule is C#Cc1ccc(C)cc1NS(=O)(=O)c1ccc(C)cc1. The standard InChI is InChI=1S/C16H15NO2S/c1-4-14-8-5-13(3)11-16(14)17-20(18,19)15-9-6-12(2)7-10-15/h1,5-11,17H,2-3H3. The Morgan fingerprint density at radius 2 is 1.60 bits per heavy atom. The van der Waals surface area contributed by atoms with Crippen LogP contribution in [-0.4, -0.2) is 8.42 Å². The number of hydrogen-bond acceptors (Lipinski definition) is 2. The van der Waals surface area contributed by atoms with Gasteiger partial charge in [0.1, 0.15) is 0 Å². The van der Waals surface area contributed by atoms with Gasteiger partial charge in [-0.05, 0) is 43.7 Å². The minimum absolute atomic E-state index is 0.215. The zero-order chi connectivity index (χ0) is 14.8. The van der Waals surface area contributed by atoms with Crippen molar-refractivity contribution < 1.29 is 8.42 Å². The molecule has 0 aromatic heterocycles. The molecule has 0 spiro atoms. The lowest BCUT2D eigenvalue weighted by atomic mass is 10.1. The van der Waals surface area contributed by atoms with Gasteiger partial charge in [-0.2, -0.15) is 0 Å². The van der Waals surface area contributed by atoms with Gasteiger partial charge in [0.2, 0.25) is 0 Å². The molecule has 3 nitrogen and oxygen atoms in total. The summed E-state index contributed by atoms with van der Waals surface area (Å²) in [5, 5.41) is 0. The van der Waals surface area contributed by atoms with Gasteiger partial charge in [0, 0.05) is 5.56 Å². The average molecular weight is 285 g/mol. The molecular weight excluding hydrogens is 270 g/mol. The van der Waals surface area contributed by atoms with Crippen molar-refractivity contribution in [3.05, 3.63) is 59.2 Å². The number of sulfonamides is 1. The van der Waals surface area contributed by atoms with E-state index in [1.54, 1.807) is 36.4 Å². The Morgan fingerprint density at radius 1 is 1.00 bits per heavy atom. The van der Waals surface area contributed by atoms with Gasteiger partial charge in [-0.25, -0.2) is 8.42 Å². The third-order valence-electron chi connectivity index (χ3n) is 2.91. The van der Waals surface area contributed by atoms with Crippen LogP contribution in [0.25, 0.3) is 0 Å². The summed E-state index contributed by atoms with van der Waals surface area (Å²) in [5.41, 5.74) is 2.88. The fourth-order valence-electron chi connectivity index (χ4n) is 1.79. The molecular formula is C16H15NO2S. The Kier molecular flexibility index (Phi) is 3.82. The van der Waals surface area contributed by atoms with Crippen LogP contribution in [0.4, 0.5) is 5.69 Å². The van der Waals surface area contributed by atoms with E-state index in [0.29, 0.717) is 11.3 Å². The molecule has 0 fully saturated rings. The molecule has 0 bridgehead atoms. The summed E-state index contributed by atoms with van der Waals surface area (Å²) >= 11 is 0. The zero-order valence-corrected chi connectivity index (χ0v) is 12.2. The molecule has 0 unspecified atom stereocenters. The number of terminal acetylenes is 1. The van der Waals surface area contributed by atoms with E-state index in [-0.39, 0.29) is 4.90 Å². The van der Waals surface area contributed by atoms with Gasteiger partial charge in [0.25, 0.3) is 10.0 Å². The molecule has 1 N–H and O–H groups in total. The summed E-state index contributed by atoms with van der Waals surface area (Å²) in [6.07, 6.45) is 5.39. The van der Waals surface area contributed by atoms with E-state index in [1.807, 2.05) is 19.9 Å². The first-order valence-electron chi connectivity index (χ1n) is 6.09. The van der Waals surface area contributed by atoms with Crippen molar-refractivity contribution in [2.24, 2.45) is 0 Å². The van der Waals surface area contributed by atoms with Crippen molar-refractivity contribution in [2.45, 2.75) is 18.7 Å². The third-order valence-corrected chi connectivity index (χ3v) is 4.29. The van der Waals surface area contributed by atoms with Crippen molar-refractivity contribution in [3.63, 3.8) is 0 Å². The molecule has 20 heavy (non-hydrogen) atoms. The largest absolute Gasteiger partial charge is 0.278 e.